The highest BCUT2D eigenvalue weighted by atomic mass is 35.5. The highest BCUT2D eigenvalue weighted by molar-refractivity contribution is 7.89. The molecule has 1 heterocycles. The predicted octanol–water partition coefficient (Wildman–Crippen LogP) is 1.46. The fraction of sp³-hybridized carbons (Fsp3) is 1.00. The Balaban J connectivity index is 2.66. The van der Waals surface area contributed by atoms with Crippen LogP contribution < -0.4 is 0 Å². The van der Waals surface area contributed by atoms with Crippen LogP contribution in [0.4, 0.5) is 0 Å². The molecule has 0 amide bonds. The number of nitrogens with zero attached hydrogens (tertiary/aromatic N) is 1. The molecule has 0 saturated carbocycles. The van der Waals surface area contributed by atoms with E-state index in [2.05, 4.69) is 0 Å². The van der Waals surface area contributed by atoms with Gasteiger partial charge in [-0.15, -0.1) is 11.6 Å². The first-order valence-corrected chi connectivity index (χ1v) is 8.64. The van der Waals surface area contributed by atoms with Crippen LogP contribution >= 0.6 is 11.6 Å². The number of halogens is 1. The lowest BCUT2D eigenvalue weighted by molar-refractivity contribution is -0.108. The molecule has 0 aromatic carbocycles. The minimum Gasteiger partial charge on any atom is -0.378 e. The maximum absolute atomic E-state index is 12.3. The molecule has 0 spiro atoms. The Morgan fingerprint density at radius 1 is 1.47 bits per heavy atom. The van der Waals surface area contributed by atoms with Gasteiger partial charge in [-0.05, 0) is 27.7 Å². The Labute approximate surface area is 121 Å². The Kier molecular flexibility index (Phi) is 6.07. The molecular formula is C12H24ClNO4S. The van der Waals surface area contributed by atoms with Crippen LogP contribution in [0.5, 0.6) is 0 Å². The van der Waals surface area contributed by atoms with Crippen molar-refractivity contribution in [1.82, 2.24) is 4.31 Å². The summed E-state index contributed by atoms with van der Waals surface area (Å²) >= 11 is 5.80. The lowest BCUT2D eigenvalue weighted by atomic mass is 10.1. The summed E-state index contributed by atoms with van der Waals surface area (Å²) in [6.45, 7) is 8.39. The van der Waals surface area contributed by atoms with Crippen molar-refractivity contribution in [2.45, 2.75) is 45.5 Å². The zero-order chi connectivity index (χ0) is 14.7. The van der Waals surface area contributed by atoms with Gasteiger partial charge in [-0.2, -0.15) is 4.31 Å². The molecular weight excluding hydrogens is 290 g/mol. The van der Waals surface area contributed by atoms with Crippen LogP contribution in [0.2, 0.25) is 0 Å². The molecule has 0 radical (unpaired) electrons. The second-order valence-electron chi connectivity index (χ2n) is 5.68. The molecule has 1 unspecified atom stereocenters. The van der Waals surface area contributed by atoms with Crippen LogP contribution in [-0.2, 0) is 19.5 Å². The molecule has 0 aromatic heterocycles. The second-order valence-corrected chi connectivity index (χ2v) is 8.08. The Bertz CT molecular complexity index is 383. The number of hydrogen-bond acceptors (Lipinski definition) is 4. The van der Waals surface area contributed by atoms with E-state index in [1.165, 1.54) is 4.31 Å². The molecule has 1 aliphatic heterocycles. The van der Waals surface area contributed by atoms with Crippen molar-refractivity contribution in [3.63, 3.8) is 0 Å². The number of rotatable bonds is 6. The molecule has 1 rings (SSSR count). The summed E-state index contributed by atoms with van der Waals surface area (Å²) in [5.41, 5.74) is -0.510. The fourth-order valence-electron chi connectivity index (χ4n) is 2.05. The number of ether oxygens (including phenoxy) is 2. The number of alkyl halides is 1. The van der Waals surface area contributed by atoms with Gasteiger partial charge in [-0.1, -0.05) is 0 Å². The van der Waals surface area contributed by atoms with Gasteiger partial charge in [0.15, 0.2) is 0 Å². The first-order valence-electron chi connectivity index (χ1n) is 6.49. The maximum atomic E-state index is 12.3. The monoisotopic (exact) mass is 313 g/mol. The van der Waals surface area contributed by atoms with E-state index in [0.717, 1.165) is 0 Å². The molecule has 19 heavy (non-hydrogen) atoms. The average molecular weight is 314 g/mol. The van der Waals surface area contributed by atoms with Gasteiger partial charge in [0.1, 0.15) is 0 Å². The summed E-state index contributed by atoms with van der Waals surface area (Å²) in [7, 11) is -3.32. The van der Waals surface area contributed by atoms with Gasteiger partial charge in [0.2, 0.25) is 10.0 Å². The minimum absolute atomic E-state index is 0.00370. The van der Waals surface area contributed by atoms with Crippen LogP contribution in [0.3, 0.4) is 0 Å². The lowest BCUT2D eigenvalue weighted by Gasteiger charge is -2.41. The van der Waals surface area contributed by atoms with E-state index in [1.807, 2.05) is 27.7 Å². The van der Waals surface area contributed by atoms with Crippen LogP contribution in [0.25, 0.3) is 0 Å². The summed E-state index contributed by atoms with van der Waals surface area (Å²) in [6, 6.07) is 0. The quantitative estimate of drug-likeness (QED) is 0.697. The average Bonchev–Trinajstić information content (AvgIpc) is 2.25. The standard InChI is InChI=1S/C12H24ClNO4S/c1-10(2)17-5-6-19(15,16)14-8-11(7-13)18-12(3,4)9-14/h10-11H,5-9H2,1-4H3. The van der Waals surface area contributed by atoms with Gasteiger partial charge in [0.25, 0.3) is 0 Å². The van der Waals surface area contributed by atoms with Gasteiger partial charge in [0, 0.05) is 19.0 Å². The Hall–Kier alpha value is 0.120. The number of morpholine rings is 1. The van der Waals surface area contributed by atoms with E-state index < -0.39 is 15.6 Å². The summed E-state index contributed by atoms with van der Waals surface area (Å²) in [5, 5.41) is 0. The summed E-state index contributed by atoms with van der Waals surface area (Å²) < 4.78 is 37.0. The topological polar surface area (TPSA) is 55.8 Å². The lowest BCUT2D eigenvalue weighted by Crippen LogP contribution is -2.55. The zero-order valence-corrected chi connectivity index (χ0v) is 13.6. The fourth-order valence-corrected chi connectivity index (χ4v) is 3.68. The Morgan fingerprint density at radius 2 is 2.11 bits per heavy atom. The molecule has 5 nitrogen and oxygen atoms in total. The van der Waals surface area contributed by atoms with E-state index in [9.17, 15) is 8.42 Å². The summed E-state index contributed by atoms with van der Waals surface area (Å²) in [4.78, 5) is 0. The smallest absolute Gasteiger partial charge is 0.216 e. The van der Waals surface area contributed by atoms with E-state index in [1.54, 1.807) is 0 Å². The van der Waals surface area contributed by atoms with Gasteiger partial charge >= 0.3 is 0 Å². The molecule has 114 valence electrons. The third-order valence-electron chi connectivity index (χ3n) is 2.81. The molecule has 0 aliphatic carbocycles. The Morgan fingerprint density at radius 3 is 2.63 bits per heavy atom. The minimum atomic E-state index is -3.32. The van der Waals surface area contributed by atoms with Crippen molar-refractivity contribution in [2.75, 3.05) is 31.3 Å². The van der Waals surface area contributed by atoms with Crippen LogP contribution in [0, 0.1) is 0 Å². The van der Waals surface area contributed by atoms with Crippen molar-refractivity contribution in [3.05, 3.63) is 0 Å². The highest BCUT2D eigenvalue weighted by Crippen LogP contribution is 2.24. The first kappa shape index (κ1) is 17.2. The summed E-state index contributed by atoms with van der Waals surface area (Å²) in [5.74, 6) is 0.286. The molecule has 0 bridgehead atoms. The molecule has 0 aromatic rings. The third-order valence-corrected chi connectivity index (χ3v) is 4.90. The second kappa shape index (κ2) is 6.72. The van der Waals surface area contributed by atoms with Crippen molar-refractivity contribution < 1.29 is 17.9 Å². The maximum Gasteiger partial charge on any atom is 0.216 e. The van der Waals surface area contributed by atoms with Crippen molar-refractivity contribution >= 4 is 21.6 Å². The van der Waals surface area contributed by atoms with E-state index in [4.69, 9.17) is 21.1 Å². The van der Waals surface area contributed by atoms with Gasteiger partial charge < -0.3 is 9.47 Å². The van der Waals surface area contributed by atoms with E-state index in [0.29, 0.717) is 13.1 Å². The van der Waals surface area contributed by atoms with Crippen LogP contribution in [0.1, 0.15) is 27.7 Å². The molecule has 7 heteroatoms. The zero-order valence-electron chi connectivity index (χ0n) is 12.1. The SMILES string of the molecule is CC(C)OCCS(=O)(=O)N1CC(CCl)OC(C)(C)C1. The molecule has 0 N–H and O–H groups in total. The van der Waals surface area contributed by atoms with Crippen molar-refractivity contribution in [3.8, 4) is 0 Å². The van der Waals surface area contributed by atoms with Crippen LogP contribution in [0.15, 0.2) is 0 Å². The molecule has 1 aliphatic rings. The number of sulfonamides is 1. The van der Waals surface area contributed by atoms with Crippen molar-refractivity contribution in [1.29, 1.82) is 0 Å². The van der Waals surface area contributed by atoms with E-state index >= 15 is 0 Å². The van der Waals surface area contributed by atoms with Gasteiger partial charge in [-0.25, -0.2) is 8.42 Å². The van der Waals surface area contributed by atoms with Crippen LogP contribution in [-0.4, -0.2) is 61.9 Å². The normalized spacial score (nSPS) is 24.8. The molecule has 1 saturated heterocycles. The highest BCUT2D eigenvalue weighted by Gasteiger charge is 2.38. The van der Waals surface area contributed by atoms with Crippen molar-refractivity contribution in [2.24, 2.45) is 0 Å². The largest absolute Gasteiger partial charge is 0.378 e. The van der Waals surface area contributed by atoms with E-state index in [-0.39, 0.29) is 30.4 Å². The first-order chi connectivity index (χ1) is 8.66. The van der Waals surface area contributed by atoms with Gasteiger partial charge in [0.05, 0.1) is 30.2 Å². The van der Waals surface area contributed by atoms with Gasteiger partial charge in [-0.3, -0.25) is 0 Å². The third kappa shape index (κ3) is 5.55. The predicted molar refractivity (Wildman–Crippen MR) is 76.1 cm³/mol. The number of hydrogen-bond donors (Lipinski definition) is 0. The molecule has 1 fully saturated rings. The summed E-state index contributed by atoms with van der Waals surface area (Å²) in [6.07, 6.45) is -0.224. The molecule has 1 atom stereocenters.